The van der Waals surface area contributed by atoms with Gasteiger partial charge >= 0.3 is 5.97 Å². The summed E-state index contributed by atoms with van der Waals surface area (Å²) in [6, 6.07) is 0. The van der Waals surface area contributed by atoms with Gasteiger partial charge in [0.1, 0.15) is 61.0 Å². The van der Waals surface area contributed by atoms with E-state index in [1.54, 1.807) is 0 Å². The molecule has 374 valence electrons. The molecule has 0 aromatic rings. The fourth-order valence-electron chi connectivity index (χ4n) is 13.8. The second-order valence-electron chi connectivity index (χ2n) is 23.2. The second-order valence-corrected chi connectivity index (χ2v) is 23.2. The zero-order valence-corrected chi connectivity index (χ0v) is 39.8. The minimum absolute atomic E-state index is 0.0585. The number of aliphatic hydroxyl groups is 9. The fraction of sp³-hybridized carbons (Fsp3) is 0.938. The van der Waals surface area contributed by atoms with Crippen molar-refractivity contribution in [2.24, 2.45) is 44.8 Å². The number of fused-ring (bicyclic) bond motifs is 4. The first kappa shape index (κ1) is 51.5. The Kier molecular flexibility index (Phi) is 14.6. The highest BCUT2D eigenvalue weighted by Crippen LogP contribution is 2.73. The predicted molar refractivity (Wildman–Crippen MR) is 231 cm³/mol. The number of aliphatic hydroxyl groups excluding tert-OH is 8. The Bertz CT molecular complexity index is 1730. The summed E-state index contributed by atoms with van der Waals surface area (Å²) >= 11 is 0. The highest BCUT2D eigenvalue weighted by atomic mass is 16.8. The number of carbonyl (C=O) groups is 1. The lowest BCUT2D eigenvalue weighted by atomic mass is 9.43. The molecule has 0 aromatic carbocycles. The maximum Gasteiger partial charge on any atom is 0.314 e. The maximum absolute atomic E-state index is 13.9. The predicted octanol–water partition coefficient (Wildman–Crippen LogP) is 2.13. The Hall–Kier alpha value is -1.39. The summed E-state index contributed by atoms with van der Waals surface area (Å²) in [5, 5.41) is 107. The molecule has 0 amide bonds. The highest BCUT2D eigenvalue weighted by Gasteiger charge is 2.69. The Balaban J connectivity index is 1.15. The van der Waals surface area contributed by atoms with E-state index in [1.807, 2.05) is 6.92 Å². The number of hydrogen-bond acceptors (Lipinski definition) is 16. The summed E-state index contributed by atoms with van der Waals surface area (Å²) in [4.78, 5) is 13.9. The number of hydrogen-bond donors (Lipinski definition) is 10. The van der Waals surface area contributed by atoms with Gasteiger partial charge in [0.15, 0.2) is 18.9 Å². The first-order valence-corrected chi connectivity index (χ1v) is 24.1. The molecule has 17 heteroatoms. The smallest absolute Gasteiger partial charge is 0.314 e. The topological polar surface area (TPSA) is 275 Å². The summed E-state index contributed by atoms with van der Waals surface area (Å²) in [5.41, 5.74) is -1.08. The highest BCUT2D eigenvalue weighted by molar-refractivity contribution is 5.82. The van der Waals surface area contributed by atoms with Gasteiger partial charge in [-0.25, -0.2) is 0 Å². The summed E-state index contributed by atoms with van der Waals surface area (Å²) < 4.78 is 36.6. The zero-order chi connectivity index (χ0) is 48.0. The summed E-state index contributed by atoms with van der Waals surface area (Å²) in [5.74, 6) is -0.253. The maximum atomic E-state index is 13.9. The van der Waals surface area contributed by atoms with Gasteiger partial charge < -0.3 is 79.5 Å². The van der Waals surface area contributed by atoms with E-state index in [-0.39, 0.29) is 41.8 Å². The number of allylic oxidation sites excluding steroid dienone is 1. The monoisotopic (exact) mass is 929 g/mol. The molecule has 0 aromatic heterocycles. The van der Waals surface area contributed by atoms with E-state index in [4.69, 9.17) is 28.4 Å². The van der Waals surface area contributed by atoms with Gasteiger partial charge in [0.2, 0.25) is 0 Å². The largest absolute Gasteiger partial charge is 0.481 e. The normalized spacial score (nSPS) is 48.2. The van der Waals surface area contributed by atoms with Gasteiger partial charge in [-0.15, -0.1) is 0 Å². The molecule has 3 aliphatic heterocycles. The number of ether oxygens (including phenoxy) is 6. The number of aliphatic carboxylic acids is 1. The van der Waals surface area contributed by atoms with E-state index in [2.05, 4.69) is 55.4 Å². The van der Waals surface area contributed by atoms with Crippen molar-refractivity contribution in [1.82, 2.24) is 0 Å². The molecule has 5 fully saturated rings. The summed E-state index contributed by atoms with van der Waals surface area (Å²) in [6.07, 6.45) is -13.7. The molecule has 2 saturated carbocycles. The minimum atomic E-state index is -1.83. The molecule has 0 spiro atoms. The van der Waals surface area contributed by atoms with Crippen molar-refractivity contribution in [2.75, 3.05) is 19.8 Å². The van der Waals surface area contributed by atoms with E-state index >= 15 is 0 Å². The Morgan fingerprint density at radius 3 is 2.02 bits per heavy atom. The van der Waals surface area contributed by atoms with Crippen molar-refractivity contribution in [3.05, 3.63) is 11.1 Å². The molecule has 10 N–H and O–H groups in total. The number of carboxylic acids is 1. The fourth-order valence-corrected chi connectivity index (χ4v) is 13.8. The SMILES string of the molecule is CC(CCC(C)(O)C(C)(C)C)C1CCC2(C(=O)O)C3=C(CCC12C)C1(C)CCC(OC2OCC(O)C(OC4OCC(O)C(O)C4O)C2OC2OC(CO)C(O)C(O)C2O)C(C)(C)C1CC3. The van der Waals surface area contributed by atoms with Crippen molar-refractivity contribution < 1.29 is 84.3 Å². The van der Waals surface area contributed by atoms with Crippen molar-refractivity contribution in [3.8, 4) is 0 Å². The number of carboxylic acid groups (broad SMARTS) is 1. The molecule has 3 saturated heterocycles. The van der Waals surface area contributed by atoms with Crippen LogP contribution in [0.15, 0.2) is 11.1 Å². The average molecular weight is 929 g/mol. The van der Waals surface area contributed by atoms with Crippen molar-refractivity contribution in [1.29, 1.82) is 0 Å². The van der Waals surface area contributed by atoms with Crippen LogP contribution in [0.25, 0.3) is 0 Å². The molecule has 21 unspecified atom stereocenters. The van der Waals surface area contributed by atoms with Gasteiger partial charge in [-0.2, -0.15) is 0 Å². The molecule has 7 rings (SSSR count). The first-order valence-electron chi connectivity index (χ1n) is 24.1. The molecule has 7 aliphatic rings. The molecule has 17 nitrogen and oxygen atoms in total. The van der Waals surface area contributed by atoms with Gasteiger partial charge in [0.05, 0.1) is 36.9 Å². The summed E-state index contributed by atoms with van der Waals surface area (Å²) in [6.45, 7) is 17.7. The Morgan fingerprint density at radius 1 is 0.738 bits per heavy atom. The van der Waals surface area contributed by atoms with Crippen molar-refractivity contribution in [2.45, 2.75) is 218 Å². The quantitative estimate of drug-likeness (QED) is 0.126. The molecule has 0 bridgehead atoms. The average Bonchev–Trinajstić information content (AvgIpc) is 3.57. The molecule has 0 radical (unpaired) electrons. The van der Waals surface area contributed by atoms with Crippen LogP contribution in [-0.2, 0) is 33.2 Å². The van der Waals surface area contributed by atoms with Crippen LogP contribution in [0.4, 0.5) is 0 Å². The van der Waals surface area contributed by atoms with E-state index < -0.39 is 120 Å². The van der Waals surface area contributed by atoms with Crippen LogP contribution in [0.5, 0.6) is 0 Å². The Morgan fingerprint density at radius 2 is 1.37 bits per heavy atom. The zero-order valence-electron chi connectivity index (χ0n) is 39.8. The first-order chi connectivity index (χ1) is 30.2. The van der Waals surface area contributed by atoms with Crippen LogP contribution in [-0.4, -0.2) is 168 Å². The molecule has 21 atom stereocenters. The molecule has 4 aliphatic carbocycles. The van der Waals surface area contributed by atoms with Crippen LogP contribution in [0.2, 0.25) is 0 Å². The number of rotatable bonds is 12. The van der Waals surface area contributed by atoms with E-state index in [9.17, 15) is 55.9 Å². The lowest BCUT2D eigenvalue weighted by Gasteiger charge is -2.62. The third kappa shape index (κ3) is 8.59. The lowest BCUT2D eigenvalue weighted by Crippen LogP contribution is -2.65. The van der Waals surface area contributed by atoms with Gasteiger partial charge in [0.25, 0.3) is 0 Å². The van der Waals surface area contributed by atoms with E-state index in [0.717, 1.165) is 37.7 Å². The lowest BCUT2D eigenvalue weighted by molar-refractivity contribution is -0.384. The summed E-state index contributed by atoms with van der Waals surface area (Å²) in [7, 11) is 0. The van der Waals surface area contributed by atoms with Gasteiger partial charge in [0, 0.05) is 0 Å². The van der Waals surface area contributed by atoms with Crippen LogP contribution in [0.3, 0.4) is 0 Å². The third-order valence-electron chi connectivity index (χ3n) is 18.5. The molecule has 3 heterocycles. The van der Waals surface area contributed by atoms with Crippen molar-refractivity contribution in [3.63, 3.8) is 0 Å². The standard InChI is InChI=1S/C48H80O17/c1-23(12-18-47(9,59)43(2,3)4)24-14-19-48(42(57)58)26-10-11-30-44(5,6)31(15-16-45(30,7)25(26)13-17-46(24,48)8)63-41-38(65-40-36(56)34(54)33(53)29(20-49)62-40)37(28(51)22-61-41)64-39-35(55)32(52)27(50)21-60-39/h23-24,27-41,49-56,59H,10-22H2,1-9H3,(H,57,58). The molecule has 65 heavy (non-hydrogen) atoms. The van der Waals surface area contributed by atoms with E-state index in [1.165, 1.54) is 5.57 Å². The Labute approximate surface area is 383 Å². The molecular weight excluding hydrogens is 849 g/mol. The van der Waals surface area contributed by atoms with Gasteiger partial charge in [-0.05, 0) is 111 Å². The molecular formula is C48H80O17. The van der Waals surface area contributed by atoms with E-state index in [0.29, 0.717) is 32.1 Å². The third-order valence-corrected chi connectivity index (χ3v) is 18.5. The van der Waals surface area contributed by atoms with Crippen LogP contribution < -0.4 is 0 Å². The van der Waals surface area contributed by atoms with Crippen LogP contribution in [0.1, 0.15) is 127 Å². The van der Waals surface area contributed by atoms with Crippen LogP contribution >= 0.6 is 0 Å². The minimum Gasteiger partial charge on any atom is -0.481 e. The van der Waals surface area contributed by atoms with Gasteiger partial charge in [-0.3, -0.25) is 4.79 Å². The van der Waals surface area contributed by atoms with Crippen molar-refractivity contribution >= 4 is 5.97 Å². The van der Waals surface area contributed by atoms with Gasteiger partial charge in [-0.1, -0.05) is 66.5 Å². The second kappa shape index (κ2) is 18.4. The van der Waals surface area contributed by atoms with Crippen LogP contribution in [0, 0.1) is 44.8 Å².